The molecule has 0 radical (unpaired) electrons. The summed E-state index contributed by atoms with van der Waals surface area (Å²) < 4.78 is 56.0. The Balaban J connectivity index is 1.41. The van der Waals surface area contributed by atoms with Gasteiger partial charge in [-0.1, -0.05) is 6.42 Å². The number of H-pyrrole nitrogens is 1. The molecule has 12 nitrogen and oxygen atoms in total. The Morgan fingerprint density at radius 3 is 2.66 bits per heavy atom. The molecule has 1 aromatic carbocycles. The number of rotatable bonds is 10. The van der Waals surface area contributed by atoms with Gasteiger partial charge < -0.3 is 18.7 Å². The lowest BCUT2D eigenvalue weighted by Crippen LogP contribution is -2.38. The normalized spacial score (nSPS) is 22.5. The van der Waals surface area contributed by atoms with Gasteiger partial charge in [0.15, 0.2) is 12.5 Å². The lowest BCUT2D eigenvalue weighted by atomic mass is 9.98. The highest BCUT2D eigenvalue weighted by molar-refractivity contribution is 7.52. The van der Waals surface area contributed by atoms with Crippen molar-refractivity contribution in [3.05, 3.63) is 62.7 Å². The van der Waals surface area contributed by atoms with Crippen LogP contribution in [0.2, 0.25) is 0 Å². The molecule has 4 atom stereocenters. The van der Waals surface area contributed by atoms with Crippen LogP contribution in [0.25, 0.3) is 0 Å². The van der Waals surface area contributed by atoms with E-state index in [0.29, 0.717) is 5.56 Å². The third kappa shape index (κ3) is 7.39. The van der Waals surface area contributed by atoms with E-state index in [2.05, 4.69) is 10.1 Å². The maximum Gasteiger partial charge on any atom is 0.459 e. The SMILES string of the molecule is Cc1cn([C@@H]2CO[C@@H](COP(=O)(N[C@@H](C)C(=O)OC3CCCCC3)Oc3ccc(F)cc3)O2)c(=O)[nH]c1=O. The Morgan fingerprint density at radius 1 is 1.24 bits per heavy atom. The summed E-state index contributed by atoms with van der Waals surface area (Å²) in [7, 11) is -4.24. The molecule has 1 aliphatic carbocycles. The molecule has 208 valence electrons. The lowest BCUT2D eigenvalue weighted by molar-refractivity contribution is -0.152. The number of carbonyl (C=O) groups excluding carboxylic acids is 1. The molecule has 1 unspecified atom stereocenters. The Kier molecular flexibility index (Phi) is 9.16. The third-order valence-electron chi connectivity index (χ3n) is 6.15. The summed E-state index contributed by atoms with van der Waals surface area (Å²) in [5.41, 5.74) is -0.873. The van der Waals surface area contributed by atoms with Crippen molar-refractivity contribution in [3.63, 3.8) is 0 Å². The Morgan fingerprint density at radius 2 is 1.95 bits per heavy atom. The van der Waals surface area contributed by atoms with Gasteiger partial charge in [0.1, 0.15) is 30.3 Å². The van der Waals surface area contributed by atoms with E-state index < -0.39 is 55.9 Å². The first-order valence-electron chi connectivity index (χ1n) is 12.4. The van der Waals surface area contributed by atoms with E-state index in [-0.39, 0.29) is 18.5 Å². The second-order valence-corrected chi connectivity index (χ2v) is 10.9. The van der Waals surface area contributed by atoms with Gasteiger partial charge in [0.25, 0.3) is 5.56 Å². The molecule has 1 aromatic heterocycles. The van der Waals surface area contributed by atoms with Gasteiger partial charge in [0.2, 0.25) is 0 Å². The van der Waals surface area contributed by atoms with E-state index in [4.69, 9.17) is 23.3 Å². The number of hydrogen-bond acceptors (Lipinski definition) is 9. The second-order valence-electron chi connectivity index (χ2n) is 9.22. The standard InChI is InChI=1S/C24H31FN3O9P/c1-15-12-28(24(31)26-22(15)29)20-13-33-21(36-20)14-34-38(32,37-19-10-8-17(25)9-11-19)27-16(2)23(30)35-18-6-4-3-5-7-18/h8-12,16,18,20-21H,3-7,13-14H2,1-2H3,(H,27,32)(H,26,29,31)/t16-,20-,21+,38?/m0/s1. The fraction of sp³-hybridized carbons (Fsp3) is 0.542. The van der Waals surface area contributed by atoms with Gasteiger partial charge in [0.05, 0.1) is 6.61 Å². The van der Waals surface area contributed by atoms with Crippen LogP contribution in [0.5, 0.6) is 5.75 Å². The number of aromatic nitrogens is 2. The monoisotopic (exact) mass is 555 g/mol. The third-order valence-corrected chi connectivity index (χ3v) is 7.79. The average Bonchev–Trinajstić information content (AvgIpc) is 3.36. The van der Waals surface area contributed by atoms with Gasteiger partial charge in [-0.05, 0) is 63.8 Å². The molecule has 0 spiro atoms. The summed E-state index contributed by atoms with van der Waals surface area (Å²) >= 11 is 0. The van der Waals surface area contributed by atoms with E-state index in [1.807, 2.05) is 0 Å². The van der Waals surface area contributed by atoms with Crippen LogP contribution >= 0.6 is 7.75 Å². The van der Waals surface area contributed by atoms with Crippen molar-refractivity contribution < 1.29 is 37.0 Å². The highest BCUT2D eigenvalue weighted by Gasteiger charge is 2.36. The van der Waals surface area contributed by atoms with Gasteiger partial charge in [-0.3, -0.25) is 23.7 Å². The van der Waals surface area contributed by atoms with E-state index >= 15 is 0 Å². The number of aryl methyl sites for hydroxylation is 1. The number of nitrogens with zero attached hydrogens (tertiary/aromatic N) is 1. The summed E-state index contributed by atoms with van der Waals surface area (Å²) in [4.78, 5) is 38.6. The molecule has 1 saturated carbocycles. The smallest absolute Gasteiger partial charge is 0.459 e. The molecule has 0 amide bonds. The van der Waals surface area contributed by atoms with Crippen molar-refractivity contribution in [1.29, 1.82) is 0 Å². The van der Waals surface area contributed by atoms with Gasteiger partial charge in [-0.25, -0.2) is 13.8 Å². The van der Waals surface area contributed by atoms with Crippen molar-refractivity contribution >= 4 is 13.7 Å². The number of nitrogens with one attached hydrogen (secondary N) is 2. The summed E-state index contributed by atoms with van der Waals surface area (Å²) in [5.74, 6) is -1.09. The molecule has 14 heteroatoms. The number of hydrogen-bond donors (Lipinski definition) is 2. The highest BCUT2D eigenvalue weighted by Crippen LogP contribution is 2.45. The highest BCUT2D eigenvalue weighted by atomic mass is 31.2. The van der Waals surface area contributed by atoms with E-state index in [0.717, 1.165) is 44.2 Å². The molecule has 2 aromatic rings. The number of carbonyl (C=O) groups is 1. The number of ether oxygens (including phenoxy) is 3. The zero-order chi connectivity index (χ0) is 27.3. The molecule has 2 aliphatic rings. The van der Waals surface area contributed by atoms with Gasteiger partial charge in [-0.2, -0.15) is 5.09 Å². The van der Waals surface area contributed by atoms with Crippen LogP contribution in [0, 0.1) is 12.7 Å². The summed E-state index contributed by atoms with van der Waals surface area (Å²) in [6.45, 7) is 2.57. The largest absolute Gasteiger partial charge is 0.461 e. The van der Waals surface area contributed by atoms with E-state index in [9.17, 15) is 23.3 Å². The predicted molar refractivity (Wildman–Crippen MR) is 132 cm³/mol. The van der Waals surface area contributed by atoms with Crippen molar-refractivity contribution in [1.82, 2.24) is 14.6 Å². The van der Waals surface area contributed by atoms with Crippen molar-refractivity contribution in [2.75, 3.05) is 13.2 Å². The molecular formula is C24H31FN3O9P. The number of esters is 1. The Bertz CT molecular complexity index is 1280. The van der Waals surface area contributed by atoms with Gasteiger partial charge >= 0.3 is 19.4 Å². The number of halogens is 1. The van der Waals surface area contributed by atoms with Crippen molar-refractivity contribution in [2.45, 2.75) is 70.6 Å². The number of benzene rings is 1. The van der Waals surface area contributed by atoms with Crippen LogP contribution in [0.4, 0.5) is 4.39 Å². The van der Waals surface area contributed by atoms with Crippen molar-refractivity contribution in [3.8, 4) is 5.75 Å². The van der Waals surface area contributed by atoms with E-state index in [1.54, 1.807) is 6.92 Å². The first-order chi connectivity index (χ1) is 18.1. The lowest BCUT2D eigenvalue weighted by Gasteiger charge is -2.26. The maximum absolute atomic E-state index is 13.7. The fourth-order valence-corrected chi connectivity index (χ4v) is 5.58. The summed E-state index contributed by atoms with van der Waals surface area (Å²) in [6, 6.07) is 3.73. The van der Waals surface area contributed by atoms with Crippen LogP contribution in [0.1, 0.15) is 50.8 Å². The van der Waals surface area contributed by atoms with Crippen molar-refractivity contribution in [2.24, 2.45) is 0 Å². The molecule has 0 bridgehead atoms. The van der Waals surface area contributed by atoms with Crippen LogP contribution in [0.3, 0.4) is 0 Å². The predicted octanol–water partition coefficient (Wildman–Crippen LogP) is 2.91. The zero-order valence-electron chi connectivity index (χ0n) is 21.1. The Labute approximate surface area is 218 Å². The average molecular weight is 555 g/mol. The second kappa shape index (κ2) is 12.4. The zero-order valence-corrected chi connectivity index (χ0v) is 22.0. The van der Waals surface area contributed by atoms with Crippen LogP contribution in [-0.2, 0) is 28.1 Å². The molecule has 2 heterocycles. The minimum absolute atomic E-state index is 0.0384. The molecule has 1 saturated heterocycles. The molecule has 1 aliphatic heterocycles. The summed E-state index contributed by atoms with van der Waals surface area (Å²) in [6.07, 6.45) is 3.83. The minimum atomic E-state index is -4.24. The minimum Gasteiger partial charge on any atom is -0.461 e. The Hall–Kier alpha value is -2.83. The molecular weight excluding hydrogens is 524 g/mol. The first kappa shape index (κ1) is 28.2. The topological polar surface area (TPSA) is 147 Å². The van der Waals surface area contributed by atoms with Crippen LogP contribution in [0.15, 0.2) is 40.1 Å². The maximum atomic E-state index is 13.7. The summed E-state index contributed by atoms with van der Waals surface area (Å²) in [5, 5.41) is 2.57. The molecule has 2 N–H and O–H groups in total. The molecule has 38 heavy (non-hydrogen) atoms. The van der Waals surface area contributed by atoms with E-state index in [1.165, 1.54) is 29.8 Å². The van der Waals surface area contributed by atoms with Gasteiger partial charge in [0, 0.05) is 11.8 Å². The quantitative estimate of drug-likeness (QED) is 0.331. The van der Waals surface area contributed by atoms with Crippen LogP contribution in [-0.4, -0.2) is 47.2 Å². The first-order valence-corrected chi connectivity index (χ1v) is 13.9. The fourth-order valence-electron chi connectivity index (χ4n) is 4.10. The number of aromatic amines is 1. The molecule has 4 rings (SSSR count). The van der Waals surface area contributed by atoms with Crippen LogP contribution < -0.4 is 20.9 Å². The molecule has 2 fully saturated rings. The van der Waals surface area contributed by atoms with Gasteiger partial charge in [-0.15, -0.1) is 0 Å².